The molecule has 0 aliphatic carbocycles. The zero-order valence-electron chi connectivity index (χ0n) is 13.9. The average Bonchev–Trinajstić information content (AvgIpc) is 2.60. The molecule has 0 bridgehead atoms. The third-order valence-electron chi connectivity index (χ3n) is 4.54. The zero-order chi connectivity index (χ0) is 18.9. The molecule has 0 aromatic heterocycles. The molecule has 4 amide bonds. The topological polar surface area (TPSA) is 69.7 Å². The third-order valence-corrected chi connectivity index (χ3v) is 4.54. The van der Waals surface area contributed by atoms with Gasteiger partial charge in [0.15, 0.2) is 0 Å². The smallest absolute Gasteiger partial charge is 0.339 e. The van der Waals surface area contributed by atoms with Gasteiger partial charge in [-0.2, -0.15) is 13.2 Å². The Kier molecular flexibility index (Phi) is 4.88. The van der Waals surface area contributed by atoms with Gasteiger partial charge in [0.1, 0.15) is 0 Å². The van der Waals surface area contributed by atoms with E-state index >= 15 is 0 Å². The summed E-state index contributed by atoms with van der Waals surface area (Å²) in [5, 5.41) is 2.00. The van der Waals surface area contributed by atoms with Crippen molar-refractivity contribution in [2.45, 2.75) is 31.9 Å². The molecule has 0 saturated carbocycles. The number of urea groups is 1. The number of carbonyl (C=O) groups excluding carboxylic acids is 3. The van der Waals surface area contributed by atoms with E-state index in [1.165, 1.54) is 0 Å². The molecule has 6 nitrogen and oxygen atoms in total. The quantitative estimate of drug-likeness (QED) is 0.872. The summed E-state index contributed by atoms with van der Waals surface area (Å²) in [6, 6.07) is 2.12. The molecule has 0 atom stereocenters. The first-order chi connectivity index (χ1) is 12.3. The van der Waals surface area contributed by atoms with Gasteiger partial charge in [0.25, 0.3) is 5.91 Å². The van der Waals surface area contributed by atoms with Crippen LogP contribution in [0.4, 0.5) is 23.7 Å². The normalized spacial score (nSPS) is 18.7. The van der Waals surface area contributed by atoms with Gasteiger partial charge in [0.05, 0.1) is 11.3 Å². The van der Waals surface area contributed by atoms with E-state index in [1.807, 2.05) is 5.32 Å². The van der Waals surface area contributed by atoms with Crippen LogP contribution in [0.5, 0.6) is 0 Å². The number of amides is 4. The van der Waals surface area contributed by atoms with Gasteiger partial charge in [-0.15, -0.1) is 0 Å². The van der Waals surface area contributed by atoms with Gasteiger partial charge in [-0.3, -0.25) is 19.8 Å². The van der Waals surface area contributed by atoms with Crippen molar-refractivity contribution in [1.29, 1.82) is 0 Å². The number of likely N-dealkylation sites (tertiary alicyclic amines) is 1. The average molecular weight is 369 g/mol. The first kappa shape index (κ1) is 18.2. The Hall–Kier alpha value is -2.58. The first-order valence-corrected chi connectivity index (χ1v) is 8.39. The van der Waals surface area contributed by atoms with Crippen LogP contribution in [0, 0.1) is 0 Å². The molecule has 26 heavy (non-hydrogen) atoms. The molecule has 0 radical (unpaired) electrons. The number of rotatable bonds is 2. The van der Waals surface area contributed by atoms with Crippen LogP contribution in [-0.2, 0) is 11.0 Å². The molecule has 9 heteroatoms. The number of hydrogen-bond acceptors (Lipinski definition) is 3. The Morgan fingerprint density at radius 1 is 1.04 bits per heavy atom. The van der Waals surface area contributed by atoms with Gasteiger partial charge in [-0.25, -0.2) is 4.79 Å². The molecule has 1 aromatic rings. The highest BCUT2D eigenvalue weighted by Crippen LogP contribution is 2.38. The maximum Gasteiger partial charge on any atom is 0.418 e. The van der Waals surface area contributed by atoms with E-state index in [1.54, 1.807) is 4.90 Å². The predicted molar refractivity (Wildman–Crippen MR) is 86.7 cm³/mol. The number of carbonyl (C=O) groups is 3. The van der Waals surface area contributed by atoms with Gasteiger partial charge in [0.2, 0.25) is 5.91 Å². The Balaban J connectivity index is 1.98. The SMILES string of the molecule is O=C1CCN(c2cc(C(=O)N3CCCCC3)ccc2C(F)(F)F)C(=O)N1. The number of alkyl halides is 3. The summed E-state index contributed by atoms with van der Waals surface area (Å²) < 4.78 is 40.1. The third kappa shape index (κ3) is 3.66. The van der Waals surface area contributed by atoms with Crippen LogP contribution in [-0.4, -0.2) is 42.4 Å². The molecule has 3 rings (SSSR count). The molecular formula is C17H18F3N3O3. The van der Waals surface area contributed by atoms with Gasteiger partial charge in [-0.05, 0) is 37.5 Å². The van der Waals surface area contributed by atoms with Crippen LogP contribution in [0.3, 0.4) is 0 Å². The van der Waals surface area contributed by atoms with E-state index in [0.717, 1.165) is 42.4 Å². The molecule has 2 aliphatic rings. The summed E-state index contributed by atoms with van der Waals surface area (Å²) >= 11 is 0. The minimum atomic E-state index is -4.69. The highest BCUT2D eigenvalue weighted by Gasteiger charge is 2.38. The highest BCUT2D eigenvalue weighted by atomic mass is 19.4. The van der Waals surface area contributed by atoms with Crippen molar-refractivity contribution in [1.82, 2.24) is 10.2 Å². The van der Waals surface area contributed by atoms with Crippen molar-refractivity contribution in [2.24, 2.45) is 0 Å². The number of benzene rings is 1. The number of piperidine rings is 1. The molecule has 2 fully saturated rings. The Morgan fingerprint density at radius 3 is 2.35 bits per heavy atom. The van der Waals surface area contributed by atoms with Crippen LogP contribution in [0.25, 0.3) is 0 Å². The lowest BCUT2D eigenvalue weighted by atomic mass is 10.0. The minimum absolute atomic E-state index is 0.0969. The number of hydrogen-bond donors (Lipinski definition) is 1. The predicted octanol–water partition coefficient (Wildman–Crippen LogP) is 2.78. The second-order valence-electron chi connectivity index (χ2n) is 6.34. The fraction of sp³-hybridized carbons (Fsp3) is 0.471. The van der Waals surface area contributed by atoms with Crippen molar-refractivity contribution < 1.29 is 27.6 Å². The summed E-state index contributed by atoms with van der Waals surface area (Å²) in [6.07, 6.45) is -2.06. The molecule has 2 aliphatic heterocycles. The molecule has 2 heterocycles. The minimum Gasteiger partial charge on any atom is -0.339 e. The molecule has 1 N–H and O–H groups in total. The first-order valence-electron chi connectivity index (χ1n) is 8.39. The van der Waals surface area contributed by atoms with Crippen LogP contribution < -0.4 is 10.2 Å². The van der Waals surface area contributed by atoms with Gasteiger partial charge >= 0.3 is 12.2 Å². The van der Waals surface area contributed by atoms with Gasteiger partial charge in [-0.1, -0.05) is 0 Å². The summed E-state index contributed by atoms with van der Waals surface area (Å²) in [4.78, 5) is 38.3. The van der Waals surface area contributed by atoms with E-state index in [0.29, 0.717) is 13.1 Å². The van der Waals surface area contributed by atoms with Crippen LogP contribution in [0.15, 0.2) is 18.2 Å². The molecule has 0 unspecified atom stereocenters. The number of nitrogens with zero attached hydrogens (tertiary/aromatic N) is 2. The number of nitrogens with one attached hydrogen (secondary N) is 1. The lowest BCUT2D eigenvalue weighted by Gasteiger charge is -2.30. The maximum atomic E-state index is 13.4. The number of anilines is 1. The monoisotopic (exact) mass is 369 g/mol. The van der Waals surface area contributed by atoms with Crippen molar-refractivity contribution in [2.75, 3.05) is 24.5 Å². The molecular weight excluding hydrogens is 351 g/mol. The van der Waals surface area contributed by atoms with E-state index in [4.69, 9.17) is 0 Å². The molecule has 0 spiro atoms. The van der Waals surface area contributed by atoms with Crippen molar-refractivity contribution in [3.05, 3.63) is 29.3 Å². The maximum absolute atomic E-state index is 13.4. The Bertz CT molecular complexity index is 743. The largest absolute Gasteiger partial charge is 0.418 e. The molecule has 2 saturated heterocycles. The van der Waals surface area contributed by atoms with Crippen LogP contribution in [0.1, 0.15) is 41.6 Å². The Labute approximate surface area is 147 Å². The summed E-state index contributed by atoms with van der Waals surface area (Å²) in [7, 11) is 0. The van der Waals surface area contributed by atoms with Gasteiger partial charge < -0.3 is 4.90 Å². The Morgan fingerprint density at radius 2 is 1.73 bits per heavy atom. The molecule has 1 aromatic carbocycles. The second-order valence-corrected chi connectivity index (χ2v) is 6.34. The summed E-state index contributed by atoms with van der Waals surface area (Å²) in [5.74, 6) is -0.895. The fourth-order valence-corrected chi connectivity index (χ4v) is 3.20. The van der Waals surface area contributed by atoms with Gasteiger partial charge in [0, 0.05) is 31.6 Å². The summed E-state index contributed by atoms with van der Waals surface area (Å²) in [6.45, 7) is 0.955. The number of halogens is 3. The standard InChI is InChI=1S/C17H18F3N3O3/c18-17(19,20)12-5-4-11(15(25)22-7-2-1-3-8-22)10-13(12)23-9-6-14(24)21-16(23)26/h4-5,10H,1-3,6-9H2,(H,21,24,26). The van der Waals surface area contributed by atoms with Crippen LogP contribution in [0.2, 0.25) is 0 Å². The highest BCUT2D eigenvalue weighted by molar-refractivity contribution is 6.06. The lowest BCUT2D eigenvalue weighted by molar-refractivity contribution is -0.137. The summed E-state index contributed by atoms with van der Waals surface area (Å²) in [5.41, 5.74) is -1.33. The van der Waals surface area contributed by atoms with Crippen LogP contribution >= 0.6 is 0 Å². The van der Waals surface area contributed by atoms with E-state index in [-0.39, 0.29) is 24.4 Å². The lowest BCUT2D eigenvalue weighted by Crippen LogP contribution is -2.50. The fourth-order valence-electron chi connectivity index (χ4n) is 3.20. The van der Waals surface area contributed by atoms with Crippen molar-refractivity contribution >= 4 is 23.5 Å². The zero-order valence-corrected chi connectivity index (χ0v) is 13.9. The van der Waals surface area contributed by atoms with E-state index in [9.17, 15) is 27.6 Å². The van der Waals surface area contributed by atoms with Crippen molar-refractivity contribution in [3.63, 3.8) is 0 Å². The van der Waals surface area contributed by atoms with E-state index in [2.05, 4.69) is 0 Å². The van der Waals surface area contributed by atoms with E-state index < -0.39 is 29.4 Å². The molecule has 140 valence electrons. The van der Waals surface area contributed by atoms with Crippen molar-refractivity contribution in [3.8, 4) is 0 Å². The second kappa shape index (κ2) is 6.97. The number of imide groups is 1.